The smallest absolute Gasteiger partial charge is 0.329 e. The summed E-state index contributed by atoms with van der Waals surface area (Å²) in [5.41, 5.74) is 0.994. The monoisotopic (exact) mass is 409 g/mol. The number of carbonyl (C=O) groups is 1. The van der Waals surface area contributed by atoms with E-state index in [1.54, 1.807) is 24.3 Å². The van der Waals surface area contributed by atoms with Crippen molar-refractivity contribution in [3.05, 3.63) is 66.1 Å². The molecule has 0 aliphatic carbocycles. The van der Waals surface area contributed by atoms with Gasteiger partial charge in [-0.05, 0) is 29.8 Å². The van der Waals surface area contributed by atoms with Gasteiger partial charge >= 0.3 is 12.1 Å². The second kappa shape index (κ2) is 7.55. The maximum atomic E-state index is 12.8. The normalized spacial score (nSPS) is 13.7. The molecule has 3 rings (SSSR count). The molecule has 1 aromatic heterocycles. The van der Waals surface area contributed by atoms with E-state index in [0.29, 0.717) is 0 Å². The summed E-state index contributed by atoms with van der Waals surface area (Å²) in [4.78, 5) is 15.7. The molecule has 0 aliphatic heterocycles. The number of alkyl halides is 3. The molecule has 0 aliphatic rings. The van der Waals surface area contributed by atoms with Gasteiger partial charge in [-0.3, -0.25) is 4.79 Å². The molecule has 0 bridgehead atoms. The lowest BCUT2D eigenvalue weighted by atomic mass is 10.1. The van der Waals surface area contributed by atoms with Crippen LogP contribution in [0, 0.1) is 0 Å². The highest BCUT2D eigenvalue weighted by molar-refractivity contribution is 7.93. The summed E-state index contributed by atoms with van der Waals surface area (Å²) in [7, 11) is -3.02. The highest BCUT2D eigenvalue weighted by Crippen LogP contribution is 2.29. The summed E-state index contributed by atoms with van der Waals surface area (Å²) in [5, 5.41) is 3.28. The van der Waals surface area contributed by atoms with Gasteiger partial charge in [0.15, 0.2) is 0 Å². The number of nitrogens with zero attached hydrogens (tertiary/aromatic N) is 3. The first-order valence-electron chi connectivity index (χ1n) is 7.95. The number of carbonyl (C=O) groups excluding carboxylic acids is 1. The van der Waals surface area contributed by atoms with Gasteiger partial charge in [0.2, 0.25) is 5.82 Å². The fourth-order valence-electron chi connectivity index (χ4n) is 2.36. The fraction of sp³-hybridized carbons (Fsp3) is 0.167. The van der Waals surface area contributed by atoms with Gasteiger partial charge in [0.05, 0.1) is 16.1 Å². The van der Waals surface area contributed by atoms with Gasteiger partial charge in [-0.1, -0.05) is 35.5 Å². The number of benzene rings is 2. The van der Waals surface area contributed by atoms with Gasteiger partial charge in [0.1, 0.15) is 0 Å². The third kappa shape index (κ3) is 4.63. The highest BCUT2D eigenvalue weighted by atomic mass is 32.2. The largest absolute Gasteiger partial charge is 0.471 e. The molecular formula is C18H14F3N3O3S. The second-order valence-corrected chi connectivity index (χ2v) is 8.15. The Kier molecular flexibility index (Phi) is 5.32. The van der Waals surface area contributed by atoms with E-state index in [0.717, 1.165) is 5.56 Å². The summed E-state index contributed by atoms with van der Waals surface area (Å²) in [6, 6.07) is 14.5. The number of amides is 1. The molecule has 0 fully saturated rings. The van der Waals surface area contributed by atoms with E-state index in [2.05, 4.69) is 19.0 Å². The molecule has 0 radical (unpaired) electrons. The van der Waals surface area contributed by atoms with E-state index < -0.39 is 27.7 Å². The van der Waals surface area contributed by atoms with Crippen molar-refractivity contribution in [2.45, 2.75) is 17.5 Å². The average molecular weight is 409 g/mol. The first-order chi connectivity index (χ1) is 13.1. The summed E-state index contributed by atoms with van der Waals surface area (Å²) >= 11 is 0. The summed E-state index contributed by atoms with van der Waals surface area (Å²) in [6.07, 6.45) is -3.39. The molecule has 28 heavy (non-hydrogen) atoms. The van der Waals surface area contributed by atoms with Crippen molar-refractivity contribution in [3.8, 4) is 11.4 Å². The maximum Gasteiger partial charge on any atom is 0.471 e. The Balaban J connectivity index is 1.80. The zero-order chi connectivity index (χ0) is 20.4. The van der Waals surface area contributed by atoms with Crippen LogP contribution in [-0.4, -0.2) is 26.5 Å². The lowest BCUT2D eigenvalue weighted by molar-refractivity contribution is -0.159. The molecule has 0 saturated heterocycles. The van der Waals surface area contributed by atoms with E-state index >= 15 is 0 Å². The molecule has 1 atom stereocenters. The van der Waals surface area contributed by atoms with E-state index in [-0.39, 0.29) is 22.7 Å². The van der Waals surface area contributed by atoms with Crippen LogP contribution in [0.25, 0.3) is 11.4 Å². The topological polar surface area (TPSA) is 85.4 Å². The maximum absolute atomic E-state index is 12.8. The summed E-state index contributed by atoms with van der Waals surface area (Å²) < 4.78 is 58.4. The van der Waals surface area contributed by atoms with Crippen molar-refractivity contribution >= 4 is 15.6 Å². The molecular weight excluding hydrogens is 395 g/mol. The van der Waals surface area contributed by atoms with Crippen LogP contribution in [0.2, 0.25) is 0 Å². The van der Waals surface area contributed by atoms with Crippen LogP contribution >= 0.6 is 0 Å². The molecule has 0 N–H and O–H groups in total. The number of rotatable bonds is 4. The van der Waals surface area contributed by atoms with Crippen molar-refractivity contribution in [3.63, 3.8) is 0 Å². The molecule has 146 valence electrons. The average Bonchev–Trinajstić information content (AvgIpc) is 3.13. The minimum absolute atomic E-state index is 0.0207. The van der Waals surface area contributed by atoms with Gasteiger partial charge in [-0.2, -0.15) is 22.5 Å². The molecule has 1 amide bonds. The van der Waals surface area contributed by atoms with E-state index in [9.17, 15) is 22.2 Å². The summed E-state index contributed by atoms with van der Waals surface area (Å²) in [6.45, 7) is 0. The Morgan fingerprint density at radius 2 is 1.75 bits per heavy atom. The Morgan fingerprint density at radius 3 is 2.32 bits per heavy atom. The molecule has 6 nitrogen and oxygen atoms in total. The van der Waals surface area contributed by atoms with E-state index in [1.165, 1.54) is 30.5 Å². The minimum atomic E-state index is -4.74. The minimum Gasteiger partial charge on any atom is -0.329 e. The molecule has 10 heteroatoms. The Morgan fingerprint density at radius 1 is 1.11 bits per heavy atom. The Labute approximate surface area is 158 Å². The molecule has 1 heterocycles. The quantitative estimate of drug-likeness (QED) is 0.651. The highest BCUT2D eigenvalue weighted by Gasteiger charge is 2.38. The molecule has 1 unspecified atom stereocenters. The first-order valence-corrected chi connectivity index (χ1v) is 9.88. The summed E-state index contributed by atoms with van der Waals surface area (Å²) in [5.74, 6) is -2.23. The molecule has 2 aromatic carbocycles. The van der Waals surface area contributed by atoms with Crippen LogP contribution in [0.3, 0.4) is 0 Å². The lowest BCUT2D eigenvalue weighted by Crippen LogP contribution is -2.06. The van der Waals surface area contributed by atoms with Crippen LogP contribution in [0.4, 0.5) is 13.2 Å². The zero-order valence-corrected chi connectivity index (χ0v) is 15.3. The lowest BCUT2D eigenvalue weighted by Gasteiger charge is -2.05. The van der Waals surface area contributed by atoms with Crippen molar-refractivity contribution in [2.75, 3.05) is 6.26 Å². The van der Waals surface area contributed by atoms with Crippen LogP contribution in [-0.2, 0) is 27.1 Å². The Bertz CT molecular complexity index is 1100. The van der Waals surface area contributed by atoms with Crippen molar-refractivity contribution in [1.29, 1.82) is 0 Å². The van der Waals surface area contributed by atoms with Crippen molar-refractivity contribution in [1.82, 2.24) is 10.1 Å². The van der Waals surface area contributed by atoms with Gasteiger partial charge in [-0.15, -0.1) is 0 Å². The third-order valence-electron chi connectivity index (χ3n) is 3.69. The van der Waals surface area contributed by atoms with E-state index in [1.807, 2.05) is 6.07 Å². The third-order valence-corrected chi connectivity index (χ3v) is 5.39. The Hall–Kier alpha value is -3.01. The molecule has 0 saturated carbocycles. The van der Waals surface area contributed by atoms with Crippen LogP contribution in [0.15, 0.2) is 68.4 Å². The van der Waals surface area contributed by atoms with Gasteiger partial charge < -0.3 is 4.52 Å². The van der Waals surface area contributed by atoms with Crippen LogP contribution in [0.1, 0.15) is 11.5 Å². The van der Waals surface area contributed by atoms with Crippen LogP contribution in [0.5, 0.6) is 0 Å². The zero-order valence-electron chi connectivity index (χ0n) is 14.5. The van der Waals surface area contributed by atoms with Crippen LogP contribution < -0.4 is 0 Å². The van der Waals surface area contributed by atoms with E-state index in [4.69, 9.17) is 0 Å². The molecule has 0 spiro atoms. The predicted octanol–water partition coefficient (Wildman–Crippen LogP) is 3.98. The van der Waals surface area contributed by atoms with Crippen molar-refractivity contribution in [2.24, 2.45) is 4.36 Å². The predicted molar refractivity (Wildman–Crippen MR) is 94.6 cm³/mol. The van der Waals surface area contributed by atoms with Gasteiger partial charge in [0.25, 0.3) is 5.91 Å². The number of hydrogen-bond donors (Lipinski definition) is 0. The molecule has 3 aromatic rings. The number of aromatic nitrogens is 2. The van der Waals surface area contributed by atoms with Gasteiger partial charge in [0, 0.05) is 16.7 Å². The first kappa shape index (κ1) is 19.7. The van der Waals surface area contributed by atoms with Gasteiger partial charge in [-0.25, -0.2) is 4.21 Å². The number of hydrogen-bond acceptors (Lipinski definition) is 5. The number of halogens is 3. The fourth-order valence-corrected chi connectivity index (χ4v) is 3.56. The standard InChI is InChI=1S/C18H14F3N3O3S/c1-28(26,24-15(25)11-12-5-3-2-4-6-12)14-9-7-13(8-10-14)16-22-17(27-23-16)18(19,20)21/h2-10H,11H2,1H3. The second-order valence-electron chi connectivity index (χ2n) is 5.90. The SMILES string of the molecule is CS(=O)(=NC(=O)Cc1ccccc1)c1ccc(-c2noc(C(F)(F)F)n2)cc1. The van der Waals surface area contributed by atoms with Crippen molar-refractivity contribution < 1.29 is 26.7 Å².